The van der Waals surface area contributed by atoms with Gasteiger partial charge in [0.15, 0.2) is 0 Å². The summed E-state index contributed by atoms with van der Waals surface area (Å²) < 4.78 is 11.0. The lowest BCUT2D eigenvalue weighted by atomic mass is 10.1. The van der Waals surface area contributed by atoms with Crippen LogP contribution in [0.15, 0.2) is 54.6 Å². The first kappa shape index (κ1) is 20.7. The molecule has 0 radical (unpaired) electrons. The maximum absolute atomic E-state index is 12.9. The third-order valence-corrected chi connectivity index (χ3v) is 4.42. The van der Waals surface area contributed by atoms with Crippen molar-refractivity contribution in [3.05, 3.63) is 60.2 Å². The van der Waals surface area contributed by atoms with Crippen LogP contribution in [0.2, 0.25) is 0 Å². The molecule has 0 fully saturated rings. The number of fused-ring (bicyclic) bond motifs is 1. The monoisotopic (exact) mass is 398 g/mol. The summed E-state index contributed by atoms with van der Waals surface area (Å²) in [6.07, 6.45) is -1.11. The fourth-order valence-electron chi connectivity index (χ4n) is 3.15. The standard InChI is InChI=1S/C22H26N2O5/c1-22(2,3)29-20(26)23-13-17(14-25)24(19-12-8-7-11-18(19)23)21(27)28-15-16-9-5-4-6-10-16/h4-12,17,25H,13-15H2,1-3H3. The highest BCUT2D eigenvalue weighted by atomic mass is 16.6. The van der Waals surface area contributed by atoms with Crippen molar-refractivity contribution < 1.29 is 24.2 Å². The Labute approximate surface area is 170 Å². The third-order valence-electron chi connectivity index (χ3n) is 4.42. The summed E-state index contributed by atoms with van der Waals surface area (Å²) >= 11 is 0. The molecule has 7 heteroatoms. The van der Waals surface area contributed by atoms with E-state index in [-0.39, 0.29) is 19.8 Å². The van der Waals surface area contributed by atoms with Gasteiger partial charge in [-0.05, 0) is 38.5 Å². The Bertz CT molecular complexity index is 863. The predicted molar refractivity (Wildman–Crippen MR) is 110 cm³/mol. The number of aliphatic hydroxyl groups is 1. The van der Waals surface area contributed by atoms with Crippen LogP contribution in [0, 0.1) is 0 Å². The average Bonchev–Trinajstić information content (AvgIpc) is 2.70. The van der Waals surface area contributed by atoms with Crippen molar-refractivity contribution in [2.45, 2.75) is 39.0 Å². The van der Waals surface area contributed by atoms with E-state index in [4.69, 9.17) is 9.47 Å². The summed E-state index contributed by atoms with van der Waals surface area (Å²) in [7, 11) is 0. The average molecular weight is 398 g/mol. The molecule has 0 bridgehead atoms. The van der Waals surface area contributed by atoms with Crippen LogP contribution in [-0.2, 0) is 16.1 Å². The second-order valence-electron chi connectivity index (χ2n) is 7.83. The summed E-state index contributed by atoms with van der Waals surface area (Å²) in [4.78, 5) is 28.4. The van der Waals surface area contributed by atoms with E-state index in [0.717, 1.165) is 5.56 Å². The van der Waals surface area contributed by atoms with Crippen LogP contribution in [0.4, 0.5) is 21.0 Å². The fourth-order valence-corrected chi connectivity index (χ4v) is 3.15. The molecule has 2 aromatic rings. The number of aliphatic hydroxyl groups excluding tert-OH is 1. The second kappa shape index (κ2) is 8.53. The lowest BCUT2D eigenvalue weighted by molar-refractivity contribution is 0.0571. The van der Waals surface area contributed by atoms with E-state index in [1.807, 2.05) is 30.3 Å². The zero-order valence-electron chi connectivity index (χ0n) is 16.9. The van der Waals surface area contributed by atoms with Crippen LogP contribution in [0.5, 0.6) is 0 Å². The number of ether oxygens (including phenoxy) is 2. The Morgan fingerprint density at radius 1 is 1.00 bits per heavy atom. The molecule has 1 aliphatic rings. The van der Waals surface area contributed by atoms with Gasteiger partial charge in [0.2, 0.25) is 0 Å². The molecule has 0 saturated carbocycles. The Hall–Kier alpha value is -3.06. The van der Waals surface area contributed by atoms with Crippen LogP contribution in [0.1, 0.15) is 26.3 Å². The van der Waals surface area contributed by atoms with E-state index >= 15 is 0 Å². The van der Waals surface area contributed by atoms with E-state index in [1.54, 1.807) is 45.0 Å². The van der Waals surface area contributed by atoms with Gasteiger partial charge in [-0.15, -0.1) is 0 Å². The minimum absolute atomic E-state index is 0.100. The molecular formula is C22H26N2O5. The molecule has 1 heterocycles. The number of rotatable bonds is 3. The van der Waals surface area contributed by atoms with Gasteiger partial charge in [0.25, 0.3) is 0 Å². The molecule has 29 heavy (non-hydrogen) atoms. The van der Waals surface area contributed by atoms with Crippen LogP contribution < -0.4 is 9.80 Å². The van der Waals surface area contributed by atoms with E-state index in [9.17, 15) is 14.7 Å². The Balaban J connectivity index is 1.86. The zero-order valence-corrected chi connectivity index (χ0v) is 16.9. The van der Waals surface area contributed by atoms with Gasteiger partial charge < -0.3 is 14.6 Å². The third kappa shape index (κ3) is 4.86. The largest absolute Gasteiger partial charge is 0.444 e. The van der Waals surface area contributed by atoms with Gasteiger partial charge in [0.05, 0.1) is 30.6 Å². The zero-order chi connectivity index (χ0) is 21.0. The minimum atomic E-state index is -0.660. The molecule has 2 amide bonds. The first-order valence-electron chi connectivity index (χ1n) is 9.50. The van der Waals surface area contributed by atoms with Crippen molar-refractivity contribution in [2.75, 3.05) is 23.0 Å². The number of carbonyl (C=O) groups is 2. The highest BCUT2D eigenvalue weighted by Crippen LogP contribution is 2.36. The summed E-state index contributed by atoms with van der Waals surface area (Å²) in [6.45, 7) is 5.26. The number of amides is 2. The van der Waals surface area contributed by atoms with Crippen molar-refractivity contribution in [2.24, 2.45) is 0 Å². The van der Waals surface area contributed by atoms with Crippen molar-refractivity contribution in [3.63, 3.8) is 0 Å². The highest BCUT2D eigenvalue weighted by Gasteiger charge is 2.39. The van der Waals surface area contributed by atoms with E-state index in [2.05, 4.69) is 0 Å². The van der Waals surface area contributed by atoms with Crippen LogP contribution in [0.25, 0.3) is 0 Å². The number of anilines is 2. The van der Waals surface area contributed by atoms with Crippen LogP contribution in [-0.4, -0.2) is 42.1 Å². The fraction of sp³-hybridized carbons (Fsp3) is 0.364. The number of para-hydroxylation sites is 2. The van der Waals surface area contributed by atoms with Crippen LogP contribution >= 0.6 is 0 Å². The minimum Gasteiger partial charge on any atom is -0.444 e. The maximum Gasteiger partial charge on any atom is 0.415 e. The van der Waals surface area contributed by atoms with Gasteiger partial charge in [-0.1, -0.05) is 42.5 Å². The molecule has 2 aromatic carbocycles. The molecule has 1 unspecified atom stereocenters. The molecule has 3 rings (SSSR count). The molecule has 0 aromatic heterocycles. The molecule has 1 atom stereocenters. The highest BCUT2D eigenvalue weighted by molar-refractivity contribution is 6.00. The SMILES string of the molecule is CC(C)(C)OC(=O)N1CC(CO)N(C(=O)OCc2ccccc2)c2ccccc21. The van der Waals surface area contributed by atoms with Crippen molar-refractivity contribution in [1.82, 2.24) is 0 Å². The number of nitrogens with zero attached hydrogens (tertiary/aromatic N) is 2. The van der Waals surface area contributed by atoms with Gasteiger partial charge in [-0.2, -0.15) is 0 Å². The summed E-state index contributed by atoms with van der Waals surface area (Å²) in [5, 5.41) is 9.93. The summed E-state index contributed by atoms with van der Waals surface area (Å²) in [6, 6.07) is 15.7. The molecule has 0 spiro atoms. The van der Waals surface area contributed by atoms with Gasteiger partial charge >= 0.3 is 12.2 Å². The molecule has 1 aliphatic heterocycles. The lowest BCUT2D eigenvalue weighted by Crippen LogP contribution is -2.55. The Morgan fingerprint density at radius 2 is 1.62 bits per heavy atom. The topological polar surface area (TPSA) is 79.3 Å². The molecule has 0 aliphatic carbocycles. The molecule has 154 valence electrons. The normalized spacial score (nSPS) is 16.2. The van der Waals surface area contributed by atoms with Crippen molar-refractivity contribution in [1.29, 1.82) is 0 Å². The number of benzene rings is 2. The molecule has 0 saturated heterocycles. The lowest BCUT2D eigenvalue weighted by Gasteiger charge is -2.41. The van der Waals surface area contributed by atoms with Gasteiger partial charge in [0, 0.05) is 0 Å². The van der Waals surface area contributed by atoms with E-state index in [1.165, 1.54) is 9.80 Å². The Kier molecular flexibility index (Phi) is 6.08. The molecule has 1 N–H and O–H groups in total. The Morgan fingerprint density at radius 3 is 2.24 bits per heavy atom. The van der Waals surface area contributed by atoms with Crippen LogP contribution in [0.3, 0.4) is 0 Å². The van der Waals surface area contributed by atoms with E-state index in [0.29, 0.717) is 11.4 Å². The first-order chi connectivity index (χ1) is 13.8. The number of carbonyl (C=O) groups excluding carboxylic acids is 2. The molecule has 7 nitrogen and oxygen atoms in total. The molecular weight excluding hydrogens is 372 g/mol. The second-order valence-corrected chi connectivity index (χ2v) is 7.83. The number of hydrogen-bond acceptors (Lipinski definition) is 5. The van der Waals surface area contributed by atoms with E-state index < -0.39 is 23.8 Å². The quantitative estimate of drug-likeness (QED) is 0.847. The van der Waals surface area contributed by atoms with Gasteiger partial charge in [-0.25, -0.2) is 9.59 Å². The number of hydrogen-bond donors (Lipinski definition) is 1. The van der Waals surface area contributed by atoms with Crippen molar-refractivity contribution >= 4 is 23.6 Å². The summed E-state index contributed by atoms with van der Waals surface area (Å²) in [5.41, 5.74) is 1.22. The summed E-state index contributed by atoms with van der Waals surface area (Å²) in [5.74, 6) is 0. The smallest absolute Gasteiger partial charge is 0.415 e. The van der Waals surface area contributed by atoms with Crippen molar-refractivity contribution in [3.8, 4) is 0 Å². The predicted octanol–water partition coefficient (Wildman–Crippen LogP) is 3.95. The first-order valence-corrected chi connectivity index (χ1v) is 9.50. The van der Waals surface area contributed by atoms with Gasteiger partial charge in [0.1, 0.15) is 12.2 Å². The maximum atomic E-state index is 12.9. The van der Waals surface area contributed by atoms with Gasteiger partial charge in [-0.3, -0.25) is 9.80 Å².